The average molecular weight is 331 g/mol. The van der Waals surface area contributed by atoms with Crippen LogP contribution in [-0.4, -0.2) is 13.1 Å². The molecule has 0 heterocycles. The van der Waals surface area contributed by atoms with Crippen molar-refractivity contribution < 1.29 is 9.53 Å². The van der Waals surface area contributed by atoms with Gasteiger partial charge in [0, 0.05) is 4.47 Å². The van der Waals surface area contributed by atoms with E-state index in [1.165, 1.54) is 25.3 Å². The van der Waals surface area contributed by atoms with Crippen molar-refractivity contribution >= 4 is 27.6 Å². The molecular weight excluding hydrogens is 324 g/mol. The predicted octanol–water partition coefficient (Wildman–Crippen LogP) is 2.47. The number of hydrogen-bond acceptors (Lipinski definition) is 6. The van der Waals surface area contributed by atoms with Crippen LogP contribution in [-0.2, 0) is 4.74 Å². The van der Waals surface area contributed by atoms with Crippen molar-refractivity contribution in [1.82, 2.24) is 0 Å². The fraction of sp³-hybridized carbons (Fsp3) is 0.0769. The van der Waals surface area contributed by atoms with Crippen LogP contribution in [0.4, 0.5) is 5.69 Å². The third-order valence-electron chi connectivity index (χ3n) is 2.24. The molecule has 0 saturated heterocycles. The van der Waals surface area contributed by atoms with Crippen LogP contribution in [0.25, 0.3) is 0 Å². The highest BCUT2D eigenvalue weighted by atomic mass is 79.9. The van der Waals surface area contributed by atoms with Gasteiger partial charge in [-0.25, -0.2) is 4.79 Å². The topological polar surface area (TPSA) is 110 Å². The molecule has 0 unspecified atom stereocenters. The molecule has 0 amide bonds. The van der Waals surface area contributed by atoms with Crippen molar-refractivity contribution in [3.8, 4) is 18.2 Å². The van der Waals surface area contributed by atoms with Gasteiger partial charge in [0.05, 0.1) is 18.4 Å². The summed E-state index contributed by atoms with van der Waals surface area (Å²) in [6.45, 7) is 0. The first-order valence-electron chi connectivity index (χ1n) is 5.16. The van der Waals surface area contributed by atoms with E-state index < -0.39 is 5.97 Å². The Balaban J connectivity index is 3.16. The molecule has 0 aliphatic carbocycles. The van der Waals surface area contributed by atoms with Crippen molar-refractivity contribution in [2.24, 2.45) is 0 Å². The molecule has 20 heavy (non-hydrogen) atoms. The number of ether oxygens (including phenoxy) is 1. The number of halogens is 1. The quantitative estimate of drug-likeness (QED) is 0.673. The summed E-state index contributed by atoms with van der Waals surface area (Å²) in [5.74, 6) is -0.497. The average Bonchev–Trinajstić information content (AvgIpc) is 2.47. The second-order valence-electron chi connectivity index (χ2n) is 3.40. The van der Waals surface area contributed by atoms with Crippen LogP contribution in [0.3, 0.4) is 0 Å². The lowest BCUT2D eigenvalue weighted by Gasteiger charge is -2.08. The van der Waals surface area contributed by atoms with E-state index in [0.29, 0.717) is 15.7 Å². The Morgan fingerprint density at radius 1 is 1.25 bits per heavy atom. The molecule has 1 rings (SSSR count). The number of carbonyl (C=O) groups excluding carboxylic acids is 1. The summed E-state index contributed by atoms with van der Waals surface area (Å²) >= 11 is 3.23. The van der Waals surface area contributed by atoms with E-state index in [9.17, 15) is 4.79 Å². The number of benzene rings is 1. The highest BCUT2D eigenvalue weighted by Gasteiger charge is 2.11. The number of nitriles is 3. The Hall–Kier alpha value is -2.82. The summed E-state index contributed by atoms with van der Waals surface area (Å²) in [5.41, 5.74) is 0.281. The van der Waals surface area contributed by atoms with Gasteiger partial charge in [-0.05, 0) is 34.1 Å². The van der Waals surface area contributed by atoms with Crippen molar-refractivity contribution in [3.63, 3.8) is 0 Å². The number of methoxy groups -OCH3 is 1. The Kier molecular flexibility index (Phi) is 5.29. The van der Waals surface area contributed by atoms with E-state index in [1.807, 2.05) is 0 Å². The SMILES string of the molecule is COC(=O)c1ccc(NC(C#N)=C(C#N)C#N)c(Br)c1. The summed E-state index contributed by atoms with van der Waals surface area (Å²) < 4.78 is 5.07. The summed E-state index contributed by atoms with van der Waals surface area (Å²) in [4.78, 5) is 11.3. The largest absolute Gasteiger partial charge is 0.465 e. The first-order chi connectivity index (χ1) is 9.57. The van der Waals surface area contributed by atoms with Crippen LogP contribution in [0.5, 0.6) is 0 Å². The van der Waals surface area contributed by atoms with Crippen LogP contribution < -0.4 is 5.32 Å². The lowest BCUT2D eigenvalue weighted by molar-refractivity contribution is 0.0600. The van der Waals surface area contributed by atoms with Gasteiger partial charge in [-0.1, -0.05) is 0 Å². The smallest absolute Gasteiger partial charge is 0.337 e. The molecule has 0 aliphatic rings. The number of allylic oxidation sites excluding steroid dienone is 2. The maximum Gasteiger partial charge on any atom is 0.337 e. The highest BCUT2D eigenvalue weighted by molar-refractivity contribution is 9.10. The molecule has 1 aromatic carbocycles. The maximum atomic E-state index is 11.3. The monoisotopic (exact) mass is 330 g/mol. The van der Waals surface area contributed by atoms with E-state index >= 15 is 0 Å². The van der Waals surface area contributed by atoms with Gasteiger partial charge < -0.3 is 10.1 Å². The molecule has 0 spiro atoms. The first kappa shape index (κ1) is 15.2. The molecule has 0 radical (unpaired) electrons. The number of esters is 1. The Morgan fingerprint density at radius 2 is 1.90 bits per heavy atom. The summed E-state index contributed by atoms with van der Waals surface area (Å²) in [7, 11) is 1.27. The van der Waals surface area contributed by atoms with Crippen molar-refractivity contribution in [2.45, 2.75) is 0 Å². The van der Waals surface area contributed by atoms with Gasteiger partial charge in [0.1, 0.15) is 23.9 Å². The molecule has 6 nitrogen and oxygen atoms in total. The van der Waals surface area contributed by atoms with Gasteiger partial charge >= 0.3 is 5.97 Å². The van der Waals surface area contributed by atoms with Crippen LogP contribution in [0.1, 0.15) is 10.4 Å². The lowest BCUT2D eigenvalue weighted by Crippen LogP contribution is -2.04. The number of rotatable bonds is 3. The van der Waals surface area contributed by atoms with Gasteiger partial charge in [0.25, 0.3) is 0 Å². The van der Waals surface area contributed by atoms with E-state index in [1.54, 1.807) is 18.2 Å². The summed E-state index contributed by atoms with van der Waals surface area (Å²) in [6, 6.07) is 9.51. The molecule has 0 bridgehead atoms. The first-order valence-corrected chi connectivity index (χ1v) is 5.96. The van der Waals surface area contributed by atoms with Gasteiger partial charge in [0.15, 0.2) is 5.57 Å². The summed E-state index contributed by atoms with van der Waals surface area (Å²) in [6.07, 6.45) is 0. The molecule has 0 saturated carbocycles. The van der Waals surface area contributed by atoms with Crippen LogP contribution in [0.2, 0.25) is 0 Å². The molecule has 98 valence electrons. The van der Waals surface area contributed by atoms with Gasteiger partial charge in [-0.3, -0.25) is 0 Å². The Labute approximate surface area is 123 Å². The van der Waals surface area contributed by atoms with Crippen LogP contribution in [0.15, 0.2) is 33.9 Å². The number of nitrogens with zero attached hydrogens (tertiary/aromatic N) is 3. The lowest BCUT2D eigenvalue weighted by atomic mass is 10.2. The molecule has 1 N–H and O–H groups in total. The normalized spacial score (nSPS) is 8.55. The molecular formula is C13H7BrN4O2. The second kappa shape index (κ2) is 6.94. The highest BCUT2D eigenvalue weighted by Crippen LogP contribution is 2.25. The Bertz CT molecular complexity index is 689. The van der Waals surface area contributed by atoms with E-state index in [4.69, 9.17) is 15.8 Å². The maximum absolute atomic E-state index is 11.3. The number of carbonyl (C=O) groups is 1. The zero-order valence-corrected chi connectivity index (χ0v) is 11.9. The van der Waals surface area contributed by atoms with E-state index in [-0.39, 0.29) is 11.3 Å². The standard InChI is InChI=1S/C13H7BrN4O2/c1-20-13(19)8-2-3-11(10(14)4-8)18-12(7-17)9(5-15)6-16/h2-4,18H,1H3. The van der Waals surface area contributed by atoms with E-state index in [2.05, 4.69) is 26.0 Å². The zero-order valence-electron chi connectivity index (χ0n) is 10.3. The minimum Gasteiger partial charge on any atom is -0.465 e. The third-order valence-corrected chi connectivity index (χ3v) is 2.89. The number of anilines is 1. The molecule has 0 fully saturated rings. The summed E-state index contributed by atoms with van der Waals surface area (Å²) in [5, 5.41) is 29.0. The number of hydrogen-bond donors (Lipinski definition) is 1. The minimum atomic E-state index is -0.497. The van der Waals surface area contributed by atoms with Crippen molar-refractivity contribution in [1.29, 1.82) is 15.8 Å². The fourth-order valence-electron chi connectivity index (χ4n) is 1.28. The third kappa shape index (κ3) is 3.35. The molecule has 0 atom stereocenters. The van der Waals surface area contributed by atoms with Gasteiger partial charge in [-0.2, -0.15) is 15.8 Å². The van der Waals surface area contributed by atoms with Crippen molar-refractivity contribution in [3.05, 3.63) is 39.5 Å². The molecule has 0 aliphatic heterocycles. The Morgan fingerprint density at radius 3 is 2.35 bits per heavy atom. The molecule has 7 heteroatoms. The molecule has 0 aromatic heterocycles. The van der Waals surface area contributed by atoms with Crippen LogP contribution in [0, 0.1) is 34.0 Å². The minimum absolute atomic E-state index is 0.165. The van der Waals surface area contributed by atoms with Gasteiger partial charge in [-0.15, -0.1) is 0 Å². The predicted molar refractivity (Wildman–Crippen MR) is 73.0 cm³/mol. The van der Waals surface area contributed by atoms with E-state index in [0.717, 1.165) is 0 Å². The molecule has 1 aromatic rings. The van der Waals surface area contributed by atoms with Crippen molar-refractivity contribution in [2.75, 3.05) is 12.4 Å². The fourth-order valence-corrected chi connectivity index (χ4v) is 1.76. The number of nitrogens with one attached hydrogen (secondary N) is 1. The van der Waals surface area contributed by atoms with Gasteiger partial charge in [0.2, 0.25) is 0 Å². The second-order valence-corrected chi connectivity index (χ2v) is 4.25. The van der Waals surface area contributed by atoms with Crippen LogP contribution >= 0.6 is 15.9 Å². The zero-order chi connectivity index (χ0) is 15.1.